The van der Waals surface area contributed by atoms with Gasteiger partial charge in [-0.3, -0.25) is 4.79 Å². The topological polar surface area (TPSA) is 53.4 Å². The van der Waals surface area contributed by atoms with Crippen molar-refractivity contribution in [2.75, 3.05) is 0 Å². The molecular formula is C11H7ClN2O3. The molecule has 2 heterocycles. The molecule has 1 aromatic heterocycles. The summed E-state index contributed by atoms with van der Waals surface area (Å²) in [7, 11) is 1.50. The Morgan fingerprint density at radius 2 is 1.76 bits per heavy atom. The zero-order valence-electron chi connectivity index (χ0n) is 8.81. The van der Waals surface area contributed by atoms with E-state index in [-0.39, 0.29) is 22.2 Å². The minimum absolute atomic E-state index is 0.0613. The molecule has 0 spiro atoms. The summed E-state index contributed by atoms with van der Waals surface area (Å²) in [5, 5.41) is 3.92. The van der Waals surface area contributed by atoms with Gasteiger partial charge in [-0.2, -0.15) is 5.10 Å². The summed E-state index contributed by atoms with van der Waals surface area (Å²) in [6.45, 7) is 0. The maximum absolute atomic E-state index is 11.8. The van der Waals surface area contributed by atoms with Gasteiger partial charge >= 0.3 is 5.56 Å². The molecule has 6 heteroatoms. The van der Waals surface area contributed by atoms with Crippen molar-refractivity contribution >= 4 is 11.6 Å². The molecule has 0 radical (unpaired) electrons. The van der Waals surface area contributed by atoms with Crippen molar-refractivity contribution in [1.29, 1.82) is 0 Å². The Bertz CT molecular complexity index is 666. The van der Waals surface area contributed by atoms with Crippen LogP contribution in [0.1, 0.15) is 0 Å². The van der Waals surface area contributed by atoms with E-state index in [2.05, 4.69) is 5.10 Å². The van der Waals surface area contributed by atoms with Gasteiger partial charge < -0.3 is 9.47 Å². The molecule has 0 aliphatic carbocycles. The number of hydrogen-bond acceptors (Lipinski definition) is 4. The monoisotopic (exact) mass is 250 g/mol. The highest BCUT2D eigenvalue weighted by Gasteiger charge is 2.25. The number of para-hydroxylation sites is 2. The largest absolute Gasteiger partial charge is 0.446 e. The van der Waals surface area contributed by atoms with Gasteiger partial charge in [0.05, 0.1) is 0 Å². The number of rotatable bonds is 0. The lowest BCUT2D eigenvalue weighted by Gasteiger charge is -2.20. The second-order valence-corrected chi connectivity index (χ2v) is 3.89. The van der Waals surface area contributed by atoms with E-state index < -0.39 is 0 Å². The predicted molar refractivity (Wildman–Crippen MR) is 61.1 cm³/mol. The van der Waals surface area contributed by atoms with E-state index >= 15 is 0 Å². The lowest BCUT2D eigenvalue weighted by molar-refractivity contribution is 0.347. The molecule has 0 atom stereocenters. The van der Waals surface area contributed by atoms with Crippen LogP contribution in [-0.4, -0.2) is 9.78 Å². The lowest BCUT2D eigenvalue weighted by atomic mass is 10.3. The van der Waals surface area contributed by atoms with Crippen molar-refractivity contribution in [2.45, 2.75) is 0 Å². The van der Waals surface area contributed by atoms with Gasteiger partial charge in [0.25, 0.3) is 0 Å². The molecule has 0 unspecified atom stereocenters. The van der Waals surface area contributed by atoms with Crippen LogP contribution in [-0.2, 0) is 7.05 Å². The second kappa shape index (κ2) is 3.49. The summed E-state index contributed by atoms with van der Waals surface area (Å²) >= 11 is 5.91. The highest BCUT2D eigenvalue weighted by molar-refractivity contribution is 6.31. The molecule has 0 amide bonds. The van der Waals surface area contributed by atoms with Crippen LogP contribution in [0, 0.1) is 0 Å². The van der Waals surface area contributed by atoms with E-state index in [1.54, 1.807) is 24.3 Å². The van der Waals surface area contributed by atoms with Crippen molar-refractivity contribution in [3.05, 3.63) is 39.8 Å². The quantitative estimate of drug-likeness (QED) is 0.614. The Morgan fingerprint density at radius 1 is 1.18 bits per heavy atom. The average Bonchev–Trinajstić information content (AvgIpc) is 2.34. The van der Waals surface area contributed by atoms with E-state index in [4.69, 9.17) is 21.1 Å². The zero-order chi connectivity index (χ0) is 12.0. The molecular weight excluding hydrogens is 244 g/mol. The van der Waals surface area contributed by atoms with Gasteiger partial charge in [-0.25, -0.2) is 4.68 Å². The van der Waals surface area contributed by atoms with Gasteiger partial charge in [-0.1, -0.05) is 23.7 Å². The molecule has 0 saturated carbocycles. The summed E-state index contributed by atoms with van der Waals surface area (Å²) in [5.74, 6) is 1.22. The first kappa shape index (κ1) is 10.2. The molecule has 0 saturated heterocycles. The van der Waals surface area contributed by atoms with Gasteiger partial charge in [-0.05, 0) is 12.1 Å². The molecule has 1 aliphatic heterocycles. The number of hydrogen-bond donors (Lipinski definition) is 0. The Balaban J connectivity index is 2.25. The third kappa shape index (κ3) is 1.47. The molecule has 2 aromatic rings. The maximum atomic E-state index is 11.8. The van der Waals surface area contributed by atoms with Gasteiger partial charge in [0.15, 0.2) is 16.7 Å². The van der Waals surface area contributed by atoms with E-state index in [0.29, 0.717) is 11.5 Å². The fourth-order valence-electron chi connectivity index (χ4n) is 1.58. The SMILES string of the molecule is Cn1nc(Cl)c2c(c1=O)Oc1ccccc1O2. The highest BCUT2D eigenvalue weighted by atomic mass is 35.5. The van der Waals surface area contributed by atoms with Crippen LogP contribution in [0.2, 0.25) is 5.15 Å². The fraction of sp³-hybridized carbons (Fsp3) is 0.0909. The van der Waals surface area contributed by atoms with E-state index in [0.717, 1.165) is 4.68 Å². The normalized spacial score (nSPS) is 12.1. The standard InChI is InChI=1S/C11H7ClN2O3/c1-14-11(15)9-8(10(12)13-14)16-6-4-2-3-5-7(6)17-9/h2-5H,1H3. The average molecular weight is 251 g/mol. The molecule has 1 aromatic carbocycles. The van der Waals surface area contributed by atoms with Crippen LogP contribution in [0.25, 0.3) is 0 Å². The number of ether oxygens (including phenoxy) is 2. The van der Waals surface area contributed by atoms with Crippen LogP contribution >= 0.6 is 11.6 Å². The minimum atomic E-state index is -0.390. The number of aryl methyl sites for hydroxylation is 1. The van der Waals surface area contributed by atoms with Crippen LogP contribution < -0.4 is 15.0 Å². The Kier molecular flexibility index (Phi) is 2.09. The molecule has 3 rings (SSSR count). The van der Waals surface area contributed by atoms with E-state index in [1.165, 1.54) is 7.05 Å². The number of aromatic nitrogens is 2. The number of benzene rings is 1. The highest BCUT2D eigenvalue weighted by Crippen LogP contribution is 2.45. The molecule has 0 fully saturated rings. The first-order valence-electron chi connectivity index (χ1n) is 4.88. The first-order valence-corrected chi connectivity index (χ1v) is 5.26. The van der Waals surface area contributed by atoms with Crippen LogP contribution in [0.15, 0.2) is 29.1 Å². The molecule has 5 nitrogen and oxygen atoms in total. The Morgan fingerprint density at radius 3 is 2.41 bits per heavy atom. The van der Waals surface area contributed by atoms with E-state index in [1.807, 2.05) is 0 Å². The minimum Gasteiger partial charge on any atom is -0.446 e. The summed E-state index contributed by atoms with van der Waals surface area (Å²) in [5.41, 5.74) is -0.390. The summed E-state index contributed by atoms with van der Waals surface area (Å²) in [4.78, 5) is 11.8. The zero-order valence-corrected chi connectivity index (χ0v) is 9.56. The van der Waals surface area contributed by atoms with Crippen molar-refractivity contribution in [1.82, 2.24) is 9.78 Å². The van der Waals surface area contributed by atoms with Gasteiger partial charge in [0.1, 0.15) is 0 Å². The molecule has 86 valence electrons. The summed E-state index contributed by atoms with van der Waals surface area (Å²) < 4.78 is 12.1. The maximum Gasteiger partial charge on any atom is 0.313 e. The third-order valence-corrected chi connectivity index (χ3v) is 2.64. The predicted octanol–water partition coefficient (Wildman–Crippen LogP) is 2.33. The van der Waals surface area contributed by atoms with Crippen LogP contribution in [0.4, 0.5) is 0 Å². The molecule has 0 N–H and O–H groups in total. The van der Waals surface area contributed by atoms with Crippen molar-refractivity contribution in [3.8, 4) is 23.0 Å². The van der Waals surface area contributed by atoms with Crippen molar-refractivity contribution < 1.29 is 9.47 Å². The number of halogens is 1. The summed E-state index contributed by atoms with van der Waals surface area (Å²) in [6.07, 6.45) is 0. The molecule has 0 bridgehead atoms. The van der Waals surface area contributed by atoms with Gasteiger partial charge in [0, 0.05) is 7.05 Å². The fourth-order valence-corrected chi connectivity index (χ4v) is 1.82. The molecule has 1 aliphatic rings. The number of nitrogens with zero attached hydrogens (tertiary/aromatic N) is 2. The number of fused-ring (bicyclic) bond motifs is 2. The smallest absolute Gasteiger partial charge is 0.313 e. The lowest BCUT2D eigenvalue weighted by Crippen LogP contribution is -2.23. The Hall–Kier alpha value is -2.01. The third-order valence-electron chi connectivity index (χ3n) is 2.39. The molecule has 17 heavy (non-hydrogen) atoms. The second-order valence-electron chi connectivity index (χ2n) is 3.53. The van der Waals surface area contributed by atoms with Gasteiger partial charge in [0.2, 0.25) is 11.5 Å². The van der Waals surface area contributed by atoms with E-state index in [9.17, 15) is 4.79 Å². The van der Waals surface area contributed by atoms with Crippen molar-refractivity contribution in [3.63, 3.8) is 0 Å². The Labute approximate surface area is 101 Å². The first-order chi connectivity index (χ1) is 8.16. The summed E-state index contributed by atoms with van der Waals surface area (Å²) in [6, 6.07) is 7.04. The van der Waals surface area contributed by atoms with Gasteiger partial charge in [-0.15, -0.1) is 0 Å². The van der Waals surface area contributed by atoms with Crippen LogP contribution in [0.5, 0.6) is 23.0 Å². The van der Waals surface area contributed by atoms with Crippen molar-refractivity contribution in [2.24, 2.45) is 7.05 Å². The van der Waals surface area contributed by atoms with Crippen LogP contribution in [0.3, 0.4) is 0 Å².